The maximum Gasteiger partial charge on any atom is 0.260 e. The second-order valence-corrected chi connectivity index (χ2v) is 6.32. The molecule has 1 fully saturated rings. The minimum absolute atomic E-state index is 0.00978. The molecule has 1 heterocycles. The van der Waals surface area contributed by atoms with Crippen molar-refractivity contribution >= 4 is 17.5 Å². The van der Waals surface area contributed by atoms with Crippen LogP contribution >= 0.6 is 11.6 Å². The van der Waals surface area contributed by atoms with Gasteiger partial charge in [0.1, 0.15) is 11.9 Å². The van der Waals surface area contributed by atoms with E-state index in [9.17, 15) is 4.79 Å². The van der Waals surface area contributed by atoms with Crippen molar-refractivity contribution in [1.82, 2.24) is 4.90 Å². The first kappa shape index (κ1) is 16.8. The highest BCUT2D eigenvalue weighted by atomic mass is 35.5. The van der Waals surface area contributed by atoms with E-state index in [-0.39, 0.29) is 24.7 Å². The lowest BCUT2D eigenvalue weighted by Gasteiger charge is -2.37. The molecule has 2 unspecified atom stereocenters. The third-order valence-electron chi connectivity index (χ3n) is 3.96. The third-order valence-corrected chi connectivity index (χ3v) is 4.21. The van der Waals surface area contributed by atoms with E-state index in [4.69, 9.17) is 21.1 Å². The van der Waals surface area contributed by atoms with Gasteiger partial charge in [-0.3, -0.25) is 4.79 Å². The quantitative estimate of drug-likeness (QED) is 0.848. The van der Waals surface area contributed by atoms with Gasteiger partial charge in [-0.2, -0.15) is 0 Å². The molecule has 24 heavy (non-hydrogen) atoms. The molecular formula is C19H20ClNO3. The van der Waals surface area contributed by atoms with Crippen molar-refractivity contribution in [2.75, 3.05) is 19.7 Å². The number of carbonyl (C=O) groups is 1. The number of hydrogen-bond donors (Lipinski definition) is 0. The number of morpholine rings is 1. The molecule has 0 N–H and O–H groups in total. The molecule has 1 aliphatic rings. The minimum Gasteiger partial charge on any atom is -0.484 e. The van der Waals surface area contributed by atoms with E-state index in [1.807, 2.05) is 42.2 Å². The summed E-state index contributed by atoms with van der Waals surface area (Å²) in [5.41, 5.74) is 1.08. The molecule has 0 aliphatic carbocycles. The zero-order chi connectivity index (χ0) is 16.9. The van der Waals surface area contributed by atoms with Crippen LogP contribution in [0, 0.1) is 0 Å². The zero-order valence-electron chi connectivity index (χ0n) is 13.5. The molecule has 2 aromatic rings. The van der Waals surface area contributed by atoms with Crippen LogP contribution in [-0.2, 0) is 9.53 Å². The lowest BCUT2D eigenvalue weighted by molar-refractivity contribution is -0.146. The summed E-state index contributed by atoms with van der Waals surface area (Å²) in [4.78, 5) is 14.3. The number of halogens is 1. The van der Waals surface area contributed by atoms with Gasteiger partial charge in [-0.1, -0.05) is 41.9 Å². The largest absolute Gasteiger partial charge is 0.484 e. The third kappa shape index (κ3) is 4.28. The van der Waals surface area contributed by atoms with Gasteiger partial charge in [-0.25, -0.2) is 0 Å². The van der Waals surface area contributed by atoms with Crippen LogP contribution in [-0.4, -0.2) is 36.6 Å². The molecule has 0 spiro atoms. The molecule has 0 radical (unpaired) electrons. The Morgan fingerprint density at radius 3 is 2.58 bits per heavy atom. The predicted octanol–water partition coefficient (Wildman–Crippen LogP) is 3.71. The molecule has 0 bridgehead atoms. The maximum absolute atomic E-state index is 12.5. The van der Waals surface area contributed by atoms with E-state index in [0.29, 0.717) is 23.9 Å². The van der Waals surface area contributed by atoms with Crippen LogP contribution in [0.5, 0.6) is 5.75 Å². The zero-order valence-corrected chi connectivity index (χ0v) is 14.3. The monoisotopic (exact) mass is 345 g/mol. The Morgan fingerprint density at radius 1 is 1.17 bits per heavy atom. The van der Waals surface area contributed by atoms with Crippen molar-refractivity contribution in [3.8, 4) is 5.75 Å². The van der Waals surface area contributed by atoms with Crippen molar-refractivity contribution in [2.45, 2.75) is 19.1 Å². The Bertz CT molecular complexity index is 675. The van der Waals surface area contributed by atoms with Crippen molar-refractivity contribution in [3.05, 3.63) is 65.2 Å². The molecule has 5 heteroatoms. The van der Waals surface area contributed by atoms with Crippen LogP contribution in [0.4, 0.5) is 0 Å². The van der Waals surface area contributed by atoms with E-state index in [1.54, 1.807) is 24.3 Å². The second kappa shape index (κ2) is 7.69. The first-order chi connectivity index (χ1) is 11.6. The summed E-state index contributed by atoms with van der Waals surface area (Å²) in [6, 6.07) is 17.0. The normalized spacial score (nSPS) is 20.7. The van der Waals surface area contributed by atoms with Gasteiger partial charge in [0, 0.05) is 11.6 Å². The molecule has 1 amide bonds. The molecule has 4 nitrogen and oxygen atoms in total. The Balaban J connectivity index is 1.60. The predicted molar refractivity (Wildman–Crippen MR) is 93.3 cm³/mol. The highest BCUT2D eigenvalue weighted by Crippen LogP contribution is 2.25. The van der Waals surface area contributed by atoms with E-state index < -0.39 is 0 Å². The number of ether oxygens (including phenoxy) is 2. The van der Waals surface area contributed by atoms with Gasteiger partial charge in [-0.05, 0) is 36.8 Å². The highest BCUT2D eigenvalue weighted by molar-refractivity contribution is 6.30. The highest BCUT2D eigenvalue weighted by Gasteiger charge is 2.29. The molecule has 0 saturated carbocycles. The summed E-state index contributed by atoms with van der Waals surface area (Å²) in [5.74, 6) is 0.592. The van der Waals surface area contributed by atoms with Crippen LogP contribution in [0.1, 0.15) is 18.6 Å². The van der Waals surface area contributed by atoms with Crippen molar-refractivity contribution in [2.24, 2.45) is 0 Å². The van der Waals surface area contributed by atoms with Crippen molar-refractivity contribution in [3.63, 3.8) is 0 Å². The Labute approximate surface area is 146 Å². The fourth-order valence-electron chi connectivity index (χ4n) is 2.77. The van der Waals surface area contributed by atoms with Crippen LogP contribution in [0.15, 0.2) is 54.6 Å². The summed E-state index contributed by atoms with van der Waals surface area (Å²) < 4.78 is 11.5. The molecule has 1 aliphatic heterocycles. The molecule has 126 valence electrons. The molecular weight excluding hydrogens is 326 g/mol. The van der Waals surface area contributed by atoms with Gasteiger partial charge in [0.15, 0.2) is 6.61 Å². The lowest BCUT2D eigenvalue weighted by atomic mass is 10.1. The minimum atomic E-state index is -0.102. The summed E-state index contributed by atoms with van der Waals surface area (Å²) in [5, 5.41) is 0.640. The van der Waals surface area contributed by atoms with Gasteiger partial charge >= 0.3 is 0 Å². The van der Waals surface area contributed by atoms with Crippen LogP contribution in [0.3, 0.4) is 0 Å². The average molecular weight is 346 g/mol. The lowest BCUT2D eigenvalue weighted by Crippen LogP contribution is -2.47. The van der Waals surface area contributed by atoms with E-state index >= 15 is 0 Å². The number of amides is 1. The number of hydrogen-bond acceptors (Lipinski definition) is 3. The van der Waals surface area contributed by atoms with Crippen molar-refractivity contribution < 1.29 is 14.3 Å². The van der Waals surface area contributed by atoms with E-state index in [1.165, 1.54) is 0 Å². The van der Waals surface area contributed by atoms with E-state index in [0.717, 1.165) is 5.56 Å². The SMILES string of the molecule is CC1CN(C(=O)COc2ccc(Cl)cc2)CC(c2ccccc2)O1. The first-order valence-electron chi connectivity index (χ1n) is 7.98. The first-order valence-corrected chi connectivity index (χ1v) is 8.36. The molecule has 2 aromatic carbocycles. The Hall–Kier alpha value is -2.04. The Kier molecular flexibility index (Phi) is 5.38. The Morgan fingerprint density at radius 2 is 1.88 bits per heavy atom. The summed E-state index contributed by atoms with van der Waals surface area (Å²) in [6.45, 7) is 3.11. The number of benzene rings is 2. The van der Waals surface area contributed by atoms with Crippen LogP contribution < -0.4 is 4.74 Å². The number of nitrogens with zero attached hydrogens (tertiary/aromatic N) is 1. The van der Waals surface area contributed by atoms with E-state index in [2.05, 4.69) is 0 Å². The average Bonchev–Trinajstić information content (AvgIpc) is 2.61. The standard InChI is InChI=1S/C19H20ClNO3/c1-14-11-21(12-18(24-14)15-5-3-2-4-6-15)19(22)13-23-17-9-7-16(20)8-10-17/h2-10,14,18H,11-13H2,1H3. The summed E-state index contributed by atoms with van der Waals surface area (Å²) >= 11 is 5.84. The van der Waals surface area contributed by atoms with Gasteiger partial charge in [0.25, 0.3) is 5.91 Å². The van der Waals surface area contributed by atoms with Crippen molar-refractivity contribution in [1.29, 1.82) is 0 Å². The molecule has 1 saturated heterocycles. The maximum atomic E-state index is 12.5. The molecule has 0 aromatic heterocycles. The molecule has 3 rings (SSSR count). The van der Waals surface area contributed by atoms with Crippen LogP contribution in [0.2, 0.25) is 5.02 Å². The molecule has 2 atom stereocenters. The number of rotatable bonds is 4. The van der Waals surface area contributed by atoms with Gasteiger partial charge in [-0.15, -0.1) is 0 Å². The number of carbonyl (C=O) groups excluding carboxylic acids is 1. The smallest absolute Gasteiger partial charge is 0.260 e. The summed E-state index contributed by atoms with van der Waals surface area (Å²) in [6.07, 6.45) is -0.113. The van der Waals surface area contributed by atoms with Gasteiger partial charge < -0.3 is 14.4 Å². The van der Waals surface area contributed by atoms with Gasteiger partial charge in [0.2, 0.25) is 0 Å². The van der Waals surface area contributed by atoms with Crippen LogP contribution in [0.25, 0.3) is 0 Å². The second-order valence-electron chi connectivity index (χ2n) is 5.89. The topological polar surface area (TPSA) is 38.8 Å². The fraction of sp³-hybridized carbons (Fsp3) is 0.316. The summed E-state index contributed by atoms with van der Waals surface area (Å²) in [7, 11) is 0. The fourth-order valence-corrected chi connectivity index (χ4v) is 2.90. The van der Waals surface area contributed by atoms with Gasteiger partial charge in [0.05, 0.1) is 12.6 Å².